The molecule has 0 heterocycles. The fourth-order valence-electron chi connectivity index (χ4n) is 3.31. The quantitative estimate of drug-likeness (QED) is 0.707. The summed E-state index contributed by atoms with van der Waals surface area (Å²) in [6, 6.07) is 0.0377. The van der Waals surface area contributed by atoms with Crippen molar-refractivity contribution < 1.29 is 9.90 Å². The highest BCUT2D eigenvalue weighted by molar-refractivity contribution is 5.79. The molecule has 4 atom stereocenters. The molecule has 4 N–H and O–H groups in total. The van der Waals surface area contributed by atoms with Crippen molar-refractivity contribution in [2.75, 3.05) is 6.54 Å². The van der Waals surface area contributed by atoms with Crippen LogP contribution in [-0.2, 0) is 4.79 Å². The van der Waals surface area contributed by atoms with Gasteiger partial charge >= 0.3 is 0 Å². The van der Waals surface area contributed by atoms with E-state index in [0.29, 0.717) is 12.5 Å². The third-order valence-electron chi connectivity index (χ3n) is 4.48. The van der Waals surface area contributed by atoms with Gasteiger partial charge in [0.2, 0.25) is 5.91 Å². The lowest BCUT2D eigenvalue weighted by molar-refractivity contribution is -0.126. The van der Waals surface area contributed by atoms with Crippen LogP contribution in [0.1, 0.15) is 51.4 Å². The van der Waals surface area contributed by atoms with Crippen LogP contribution < -0.4 is 11.1 Å². The van der Waals surface area contributed by atoms with Crippen LogP contribution in [0.25, 0.3) is 0 Å². The normalized spacial score (nSPS) is 37.2. The number of carbonyl (C=O) groups is 1. The topological polar surface area (TPSA) is 75.4 Å². The molecule has 0 radical (unpaired) electrons. The molecule has 0 spiro atoms. The van der Waals surface area contributed by atoms with Crippen LogP contribution in [-0.4, -0.2) is 29.7 Å². The standard InChI is InChI=1S/C14H26N2O2/c15-13-7-2-1-6-12(13)14(18)16-9-10-4-3-5-11(17)8-10/h10-13,17H,1-9,15H2,(H,16,18). The first-order valence-corrected chi connectivity index (χ1v) is 7.38. The average Bonchev–Trinajstić information content (AvgIpc) is 2.37. The fraction of sp³-hybridized carbons (Fsp3) is 0.929. The Kier molecular flexibility index (Phi) is 5.01. The predicted octanol–water partition coefficient (Wildman–Crippen LogP) is 1.17. The lowest BCUT2D eigenvalue weighted by Crippen LogP contribution is -2.45. The Balaban J connectivity index is 1.73. The monoisotopic (exact) mass is 254 g/mol. The number of aliphatic hydroxyl groups excluding tert-OH is 1. The van der Waals surface area contributed by atoms with Crippen molar-refractivity contribution in [3.8, 4) is 0 Å². The van der Waals surface area contributed by atoms with Gasteiger partial charge in [0.15, 0.2) is 0 Å². The van der Waals surface area contributed by atoms with Crippen LogP contribution in [0.3, 0.4) is 0 Å². The first kappa shape index (κ1) is 13.8. The first-order valence-electron chi connectivity index (χ1n) is 7.38. The third-order valence-corrected chi connectivity index (χ3v) is 4.48. The smallest absolute Gasteiger partial charge is 0.224 e. The molecule has 1 amide bonds. The van der Waals surface area contributed by atoms with Crippen molar-refractivity contribution in [1.29, 1.82) is 0 Å². The van der Waals surface area contributed by atoms with Crippen LogP contribution in [0.5, 0.6) is 0 Å². The van der Waals surface area contributed by atoms with Gasteiger partial charge in [0.05, 0.1) is 12.0 Å². The van der Waals surface area contributed by atoms with Gasteiger partial charge in [0.25, 0.3) is 0 Å². The van der Waals surface area contributed by atoms with Crippen molar-refractivity contribution in [3.05, 3.63) is 0 Å². The number of carbonyl (C=O) groups excluding carboxylic acids is 1. The predicted molar refractivity (Wildman–Crippen MR) is 70.9 cm³/mol. The van der Waals surface area contributed by atoms with Gasteiger partial charge < -0.3 is 16.2 Å². The molecule has 2 fully saturated rings. The molecule has 104 valence electrons. The highest BCUT2D eigenvalue weighted by Crippen LogP contribution is 2.25. The number of nitrogens with one attached hydrogen (secondary N) is 1. The zero-order valence-corrected chi connectivity index (χ0v) is 11.1. The minimum atomic E-state index is -0.169. The van der Waals surface area contributed by atoms with Gasteiger partial charge in [0, 0.05) is 12.6 Å². The third kappa shape index (κ3) is 3.69. The molecule has 2 rings (SSSR count). The van der Waals surface area contributed by atoms with Crippen molar-refractivity contribution in [3.63, 3.8) is 0 Å². The maximum atomic E-state index is 12.1. The van der Waals surface area contributed by atoms with E-state index in [1.165, 1.54) is 0 Å². The number of amides is 1. The minimum absolute atomic E-state index is 0.00673. The van der Waals surface area contributed by atoms with Gasteiger partial charge in [-0.3, -0.25) is 4.79 Å². The summed E-state index contributed by atoms with van der Waals surface area (Å²) in [4.78, 5) is 12.1. The largest absolute Gasteiger partial charge is 0.393 e. The average molecular weight is 254 g/mol. The lowest BCUT2D eigenvalue weighted by Gasteiger charge is -2.30. The lowest BCUT2D eigenvalue weighted by atomic mass is 9.84. The van der Waals surface area contributed by atoms with E-state index >= 15 is 0 Å². The van der Waals surface area contributed by atoms with Crippen molar-refractivity contribution in [2.24, 2.45) is 17.6 Å². The summed E-state index contributed by atoms with van der Waals surface area (Å²) in [5, 5.41) is 12.6. The number of nitrogens with two attached hydrogens (primary N) is 1. The first-order chi connectivity index (χ1) is 8.66. The number of aliphatic hydroxyl groups is 1. The Morgan fingerprint density at radius 1 is 1.17 bits per heavy atom. The number of rotatable bonds is 3. The molecular weight excluding hydrogens is 228 g/mol. The molecule has 4 heteroatoms. The van der Waals surface area contributed by atoms with E-state index in [1.54, 1.807) is 0 Å². The van der Waals surface area contributed by atoms with Gasteiger partial charge in [-0.05, 0) is 38.0 Å². The number of hydrogen-bond acceptors (Lipinski definition) is 3. The van der Waals surface area contributed by atoms with E-state index in [-0.39, 0.29) is 24.0 Å². The molecule has 2 aliphatic rings. The van der Waals surface area contributed by atoms with Gasteiger partial charge in [-0.2, -0.15) is 0 Å². The van der Waals surface area contributed by atoms with Gasteiger partial charge in [-0.1, -0.05) is 19.3 Å². The zero-order chi connectivity index (χ0) is 13.0. The van der Waals surface area contributed by atoms with E-state index in [9.17, 15) is 9.90 Å². The molecule has 4 nitrogen and oxygen atoms in total. The van der Waals surface area contributed by atoms with E-state index < -0.39 is 0 Å². The van der Waals surface area contributed by atoms with E-state index in [0.717, 1.165) is 51.4 Å². The molecule has 0 saturated heterocycles. The maximum Gasteiger partial charge on any atom is 0.224 e. The van der Waals surface area contributed by atoms with Crippen LogP contribution in [0.2, 0.25) is 0 Å². The molecule has 0 aliphatic heterocycles. The molecule has 0 aromatic carbocycles. The zero-order valence-electron chi connectivity index (χ0n) is 11.1. The van der Waals surface area contributed by atoms with Crippen LogP contribution in [0, 0.1) is 11.8 Å². The van der Waals surface area contributed by atoms with E-state index in [2.05, 4.69) is 5.32 Å². The van der Waals surface area contributed by atoms with Crippen molar-refractivity contribution in [2.45, 2.75) is 63.5 Å². The van der Waals surface area contributed by atoms with E-state index in [4.69, 9.17) is 5.73 Å². The summed E-state index contributed by atoms with van der Waals surface area (Å²) >= 11 is 0. The summed E-state index contributed by atoms with van der Waals surface area (Å²) in [6.45, 7) is 0.707. The Bertz CT molecular complexity index is 283. The van der Waals surface area contributed by atoms with Crippen molar-refractivity contribution >= 4 is 5.91 Å². The second kappa shape index (κ2) is 6.53. The molecule has 0 aromatic heterocycles. The molecule has 2 saturated carbocycles. The Morgan fingerprint density at radius 3 is 2.67 bits per heavy atom. The maximum absolute atomic E-state index is 12.1. The second-order valence-electron chi connectivity index (χ2n) is 5.99. The molecule has 0 bridgehead atoms. The highest BCUT2D eigenvalue weighted by Gasteiger charge is 2.29. The SMILES string of the molecule is NC1CCCCC1C(=O)NCC1CCCC(O)C1. The van der Waals surface area contributed by atoms with Crippen molar-refractivity contribution in [1.82, 2.24) is 5.32 Å². The fourth-order valence-corrected chi connectivity index (χ4v) is 3.31. The second-order valence-corrected chi connectivity index (χ2v) is 5.99. The molecule has 18 heavy (non-hydrogen) atoms. The van der Waals surface area contributed by atoms with Gasteiger partial charge in [0.1, 0.15) is 0 Å². The molecule has 0 aromatic rings. The molecule has 4 unspecified atom stereocenters. The Hall–Kier alpha value is -0.610. The van der Waals surface area contributed by atoms with Gasteiger partial charge in [-0.15, -0.1) is 0 Å². The molecular formula is C14H26N2O2. The summed E-state index contributed by atoms with van der Waals surface area (Å²) in [5.74, 6) is 0.576. The Morgan fingerprint density at radius 2 is 1.94 bits per heavy atom. The summed E-state index contributed by atoms with van der Waals surface area (Å²) in [5.41, 5.74) is 6.01. The van der Waals surface area contributed by atoms with Crippen LogP contribution in [0.4, 0.5) is 0 Å². The summed E-state index contributed by atoms with van der Waals surface area (Å²) in [6.07, 6.45) is 7.94. The molecule has 2 aliphatic carbocycles. The van der Waals surface area contributed by atoms with Crippen LogP contribution in [0.15, 0.2) is 0 Å². The highest BCUT2D eigenvalue weighted by atomic mass is 16.3. The summed E-state index contributed by atoms with van der Waals surface area (Å²) < 4.78 is 0. The van der Waals surface area contributed by atoms with E-state index in [1.807, 2.05) is 0 Å². The minimum Gasteiger partial charge on any atom is -0.393 e. The van der Waals surface area contributed by atoms with Crippen LogP contribution >= 0.6 is 0 Å². The Labute approximate surface area is 109 Å². The number of hydrogen-bond donors (Lipinski definition) is 3. The van der Waals surface area contributed by atoms with Gasteiger partial charge in [-0.25, -0.2) is 0 Å². The summed E-state index contributed by atoms with van der Waals surface area (Å²) in [7, 11) is 0.